The van der Waals surface area contributed by atoms with Crippen LogP contribution in [-0.2, 0) is 49.2 Å². The summed E-state index contributed by atoms with van der Waals surface area (Å²) in [6, 6.07) is 3.33. The van der Waals surface area contributed by atoms with Crippen molar-refractivity contribution in [3.05, 3.63) is 33.8 Å². The normalized spacial score (nSPS) is 37.9. The minimum atomic E-state index is -1.52. The number of imide groups is 1. The standard InChI is InChI=1S/C46H69Cl2N3O13/c1-14-34-46(11)38(50(42(55)64-46)18-17-30-15-16-31(47)32(48)20-30)27(7)35(52)24(4)21-45(10,58-13)39(63-41-36(53)33(19-26(6)60-41)49(12)23(2)3)28(8)37(29(9)40(54)61-34)62-44(57)51-25(5)22-59-43(51)56/h15-16,20,23-29,33-34,36-39,41,53H,14,17-19,21-22H2,1-13H3/t24-,25+,26-,27-,28+,29-,33+,34+,36-,37-,38-,39-,41+,45+,46-/m1/s1. The van der Waals surface area contributed by atoms with Gasteiger partial charge in [0.2, 0.25) is 0 Å². The Labute approximate surface area is 387 Å². The van der Waals surface area contributed by atoms with Crippen molar-refractivity contribution in [1.29, 1.82) is 0 Å². The average Bonchev–Trinajstić information content (AvgIpc) is 3.72. The number of ether oxygens (including phenoxy) is 7. The smallest absolute Gasteiger partial charge is 0.419 e. The first kappa shape index (κ1) is 51.7. The zero-order chi connectivity index (χ0) is 47.7. The molecule has 15 atom stereocenters. The Kier molecular flexibility index (Phi) is 16.8. The van der Waals surface area contributed by atoms with Crippen molar-refractivity contribution in [3.8, 4) is 0 Å². The van der Waals surface area contributed by atoms with Crippen LogP contribution >= 0.6 is 23.2 Å². The molecule has 1 aromatic rings. The molecular weight excluding hydrogens is 873 g/mol. The molecule has 4 aliphatic rings. The predicted octanol–water partition coefficient (Wildman–Crippen LogP) is 7.30. The number of carbonyl (C=O) groups excluding carboxylic acids is 5. The van der Waals surface area contributed by atoms with Gasteiger partial charge in [-0.3, -0.25) is 19.4 Å². The number of hydrogen-bond donors (Lipinski definition) is 1. The number of cyclic esters (lactones) is 2. The molecular formula is C46H69Cl2N3O13. The van der Waals surface area contributed by atoms with Crippen molar-refractivity contribution in [1.82, 2.24) is 14.7 Å². The van der Waals surface area contributed by atoms with E-state index in [1.54, 1.807) is 73.6 Å². The van der Waals surface area contributed by atoms with Crippen LogP contribution in [0.25, 0.3) is 0 Å². The van der Waals surface area contributed by atoms with Crippen LogP contribution in [0.5, 0.6) is 0 Å². The fourth-order valence-corrected chi connectivity index (χ4v) is 10.5. The highest BCUT2D eigenvalue weighted by molar-refractivity contribution is 6.42. The van der Waals surface area contributed by atoms with Crippen molar-refractivity contribution in [2.75, 3.05) is 27.3 Å². The Bertz CT molecular complexity index is 1870. The van der Waals surface area contributed by atoms with E-state index in [1.165, 1.54) is 12.0 Å². The number of benzene rings is 1. The van der Waals surface area contributed by atoms with Crippen molar-refractivity contribution in [2.45, 2.75) is 174 Å². The molecule has 0 aromatic heterocycles. The lowest BCUT2D eigenvalue weighted by Gasteiger charge is -2.49. The van der Waals surface area contributed by atoms with Crippen LogP contribution in [0.4, 0.5) is 14.4 Å². The molecule has 3 amide bonds. The highest BCUT2D eigenvalue weighted by atomic mass is 35.5. The number of carbonyl (C=O) groups is 5. The SMILES string of the molecule is CC[C@@H]1OC(=O)[C@H](C)[C@H](OC(=O)N2C(=O)OC[C@@H]2C)[C@H](C)[C@@H](O[C@@H]2O[C@H](C)C[C@H](N(C)C(C)C)[C@H]2O)[C@@](C)(OC)C[C@@H](C)C(=O)[C@@H](C)[C@H]2N(CCc3ccc(Cl)c(Cl)c3)C(=O)O[C@]12C. The van der Waals surface area contributed by atoms with E-state index in [0.717, 1.165) is 10.5 Å². The lowest BCUT2D eigenvalue weighted by atomic mass is 9.73. The maximum absolute atomic E-state index is 15.0. The summed E-state index contributed by atoms with van der Waals surface area (Å²) in [5, 5.41) is 12.7. The summed E-state index contributed by atoms with van der Waals surface area (Å²) >= 11 is 12.5. The van der Waals surface area contributed by atoms with Gasteiger partial charge in [-0.15, -0.1) is 0 Å². The van der Waals surface area contributed by atoms with E-state index < -0.39 is 102 Å². The van der Waals surface area contributed by atoms with Crippen molar-refractivity contribution in [3.63, 3.8) is 0 Å². The number of nitrogens with zero attached hydrogens (tertiary/aromatic N) is 3. The summed E-state index contributed by atoms with van der Waals surface area (Å²) in [6.45, 7) is 19.6. The molecule has 16 nitrogen and oxygen atoms in total. The van der Waals surface area contributed by atoms with Gasteiger partial charge in [0, 0.05) is 43.5 Å². The van der Waals surface area contributed by atoms with Crippen LogP contribution in [-0.4, -0.2) is 149 Å². The molecule has 0 bridgehead atoms. The fraction of sp³-hybridized carbons (Fsp3) is 0.761. The summed E-state index contributed by atoms with van der Waals surface area (Å²) in [5.74, 6) is -4.79. The quantitative estimate of drug-likeness (QED) is 0.182. The second kappa shape index (κ2) is 20.7. The molecule has 1 aromatic carbocycles. The van der Waals surface area contributed by atoms with E-state index in [2.05, 4.69) is 4.90 Å². The number of amides is 3. The molecule has 4 aliphatic heterocycles. The van der Waals surface area contributed by atoms with Gasteiger partial charge >= 0.3 is 24.2 Å². The predicted molar refractivity (Wildman–Crippen MR) is 237 cm³/mol. The first-order valence-electron chi connectivity index (χ1n) is 22.5. The molecule has 1 N–H and O–H groups in total. The molecule has 5 rings (SSSR count). The Morgan fingerprint density at radius 1 is 1.02 bits per heavy atom. The lowest BCUT2D eigenvalue weighted by Crippen LogP contribution is -2.61. The number of rotatable bonds is 10. The second-order valence-electron chi connectivity index (χ2n) is 19.1. The first-order valence-corrected chi connectivity index (χ1v) is 23.3. The van der Waals surface area contributed by atoms with Crippen molar-refractivity contribution >= 4 is 53.2 Å². The van der Waals surface area contributed by atoms with Gasteiger partial charge in [-0.25, -0.2) is 19.3 Å². The van der Waals surface area contributed by atoms with E-state index in [-0.39, 0.29) is 50.0 Å². The monoisotopic (exact) mass is 941 g/mol. The summed E-state index contributed by atoms with van der Waals surface area (Å²) in [5.41, 5.74) is -2.11. The van der Waals surface area contributed by atoms with Crippen LogP contribution in [0.15, 0.2) is 18.2 Å². The molecule has 4 fully saturated rings. The van der Waals surface area contributed by atoms with Gasteiger partial charge in [0.1, 0.15) is 30.7 Å². The summed E-state index contributed by atoms with van der Waals surface area (Å²) in [7, 11) is 3.39. The van der Waals surface area contributed by atoms with E-state index >= 15 is 0 Å². The molecule has 0 unspecified atom stereocenters. The van der Waals surface area contributed by atoms with Gasteiger partial charge < -0.3 is 38.3 Å². The van der Waals surface area contributed by atoms with E-state index in [1.807, 2.05) is 27.8 Å². The number of Topliss-reactive ketones (excluding diaryl/α,β-unsaturated/α-hetero) is 1. The number of ketones is 1. The summed E-state index contributed by atoms with van der Waals surface area (Å²) in [4.78, 5) is 75.0. The third kappa shape index (κ3) is 10.5. The van der Waals surface area contributed by atoms with Gasteiger partial charge in [-0.1, -0.05) is 57.0 Å². The maximum atomic E-state index is 15.0. The fourth-order valence-electron chi connectivity index (χ4n) is 10.2. The van der Waals surface area contributed by atoms with Gasteiger partial charge in [0.25, 0.3) is 0 Å². The molecule has 360 valence electrons. The van der Waals surface area contributed by atoms with Gasteiger partial charge in [-0.2, -0.15) is 0 Å². The lowest BCUT2D eigenvalue weighted by molar-refractivity contribution is -0.302. The van der Waals surface area contributed by atoms with Crippen LogP contribution in [0, 0.1) is 23.7 Å². The number of aliphatic hydroxyl groups excluding tert-OH is 1. The maximum Gasteiger partial charge on any atom is 0.419 e. The largest absolute Gasteiger partial charge is 0.458 e. The highest BCUT2D eigenvalue weighted by Gasteiger charge is 2.61. The molecule has 64 heavy (non-hydrogen) atoms. The Morgan fingerprint density at radius 2 is 1.69 bits per heavy atom. The topological polar surface area (TPSA) is 180 Å². The van der Waals surface area contributed by atoms with Crippen LogP contribution in [0.2, 0.25) is 10.0 Å². The average molecular weight is 943 g/mol. The van der Waals surface area contributed by atoms with Crippen molar-refractivity contribution in [2.24, 2.45) is 23.7 Å². The highest BCUT2D eigenvalue weighted by Crippen LogP contribution is 2.44. The van der Waals surface area contributed by atoms with Crippen LogP contribution < -0.4 is 0 Å². The number of likely N-dealkylation sites (N-methyl/N-ethyl adjacent to an activating group) is 1. The molecule has 0 spiro atoms. The number of aliphatic hydroxyl groups is 1. The number of hydrogen-bond acceptors (Lipinski definition) is 14. The van der Waals surface area contributed by atoms with E-state index in [9.17, 15) is 29.1 Å². The van der Waals surface area contributed by atoms with E-state index in [4.69, 9.17) is 56.4 Å². The molecule has 0 aliphatic carbocycles. The second-order valence-corrected chi connectivity index (χ2v) is 19.9. The molecule has 4 saturated heterocycles. The molecule has 4 heterocycles. The number of halogens is 2. The Hall–Kier alpha value is -3.25. The number of esters is 1. The number of fused-ring (bicyclic) bond motifs is 1. The minimum Gasteiger partial charge on any atom is -0.458 e. The Balaban J connectivity index is 1.63. The van der Waals surface area contributed by atoms with Gasteiger partial charge in [0.15, 0.2) is 11.9 Å². The zero-order valence-electron chi connectivity index (χ0n) is 39.5. The Morgan fingerprint density at radius 3 is 2.27 bits per heavy atom. The zero-order valence-corrected chi connectivity index (χ0v) is 41.0. The number of methoxy groups -OCH3 is 1. The molecule has 18 heteroatoms. The van der Waals surface area contributed by atoms with Crippen LogP contribution in [0.3, 0.4) is 0 Å². The third-order valence-corrected chi connectivity index (χ3v) is 14.9. The van der Waals surface area contributed by atoms with Gasteiger partial charge in [0.05, 0.1) is 45.9 Å². The molecule has 0 radical (unpaired) electrons. The van der Waals surface area contributed by atoms with Crippen LogP contribution in [0.1, 0.15) is 101 Å². The third-order valence-electron chi connectivity index (χ3n) is 14.2. The van der Waals surface area contributed by atoms with Crippen molar-refractivity contribution < 1.29 is 62.2 Å². The summed E-state index contributed by atoms with van der Waals surface area (Å²) < 4.78 is 43.4. The van der Waals surface area contributed by atoms with Gasteiger partial charge in [-0.05, 0) is 98.9 Å². The molecule has 0 saturated carbocycles. The minimum absolute atomic E-state index is 0.0447. The summed E-state index contributed by atoms with van der Waals surface area (Å²) in [6.07, 6.45) is -7.83. The van der Waals surface area contributed by atoms with E-state index in [0.29, 0.717) is 22.9 Å². The first-order chi connectivity index (χ1) is 29.9.